The molecule has 0 aliphatic heterocycles. The van der Waals surface area contributed by atoms with E-state index in [1.807, 2.05) is 0 Å². The molecule has 0 bridgehead atoms. The first-order valence-corrected chi connectivity index (χ1v) is 13.3. The number of hydrogen-bond acceptors (Lipinski definition) is 2. The van der Waals surface area contributed by atoms with Crippen molar-refractivity contribution in [2.45, 2.75) is 116 Å². The zero-order chi connectivity index (χ0) is 20.5. The maximum absolute atomic E-state index is 5.69. The van der Waals surface area contributed by atoms with E-state index in [9.17, 15) is 0 Å². The van der Waals surface area contributed by atoms with E-state index in [0.717, 1.165) is 30.1 Å². The van der Waals surface area contributed by atoms with Crippen molar-refractivity contribution in [2.75, 3.05) is 18.3 Å². The fourth-order valence-electron chi connectivity index (χ4n) is 3.29. The molecule has 0 heterocycles. The zero-order valence-electron chi connectivity index (χ0n) is 18.8. The summed E-state index contributed by atoms with van der Waals surface area (Å²) in [5.74, 6) is 0. The Hall–Kier alpha value is 0.130. The molecular weight excluding hydrogens is 459 g/mol. The maximum atomic E-state index is 5.69. The first-order valence-electron chi connectivity index (χ1n) is 11.8. The Labute approximate surface area is 190 Å². The molecule has 0 rings (SSSR count). The molecule has 0 fully saturated rings. The van der Waals surface area contributed by atoms with Gasteiger partial charge in [-0.25, -0.2) is 0 Å². The highest BCUT2D eigenvalue weighted by atomic mass is 127. The van der Waals surface area contributed by atoms with Crippen LogP contribution in [0.15, 0.2) is 24.3 Å². The van der Waals surface area contributed by atoms with Crippen LogP contribution >= 0.6 is 22.6 Å². The van der Waals surface area contributed by atoms with Crippen molar-refractivity contribution in [3.63, 3.8) is 0 Å². The predicted molar refractivity (Wildman–Crippen MR) is 133 cm³/mol. The van der Waals surface area contributed by atoms with Crippen LogP contribution in [0, 0.1) is 0 Å². The average Bonchev–Trinajstić information content (AvgIpc) is 2.71. The Morgan fingerprint density at radius 2 is 1.21 bits per heavy atom. The van der Waals surface area contributed by atoms with Gasteiger partial charge in [0.2, 0.25) is 0 Å². The van der Waals surface area contributed by atoms with Gasteiger partial charge in [0.05, 0.1) is 6.10 Å². The van der Waals surface area contributed by atoms with Gasteiger partial charge in [0.25, 0.3) is 0 Å². The molecule has 0 N–H and O–H groups in total. The minimum absolute atomic E-state index is 0.336. The molecule has 28 heavy (non-hydrogen) atoms. The number of rotatable bonds is 22. The predicted octanol–water partition coefficient (Wildman–Crippen LogP) is 8.78. The number of alkyl halides is 1. The molecule has 2 nitrogen and oxygen atoms in total. The molecule has 0 spiro atoms. The summed E-state index contributed by atoms with van der Waals surface area (Å²) in [5, 5.41) is 0. The Kier molecular flexibility index (Phi) is 25.3. The van der Waals surface area contributed by atoms with Crippen LogP contribution in [0.4, 0.5) is 0 Å². The van der Waals surface area contributed by atoms with Crippen LogP contribution in [0.5, 0.6) is 0 Å². The van der Waals surface area contributed by atoms with Gasteiger partial charge in [-0.1, -0.05) is 112 Å². The lowest BCUT2D eigenvalue weighted by Gasteiger charge is -2.15. The Morgan fingerprint density at radius 1 is 0.679 bits per heavy atom. The summed E-state index contributed by atoms with van der Waals surface area (Å²) in [4.78, 5) is 0. The van der Waals surface area contributed by atoms with E-state index >= 15 is 0 Å². The molecule has 0 radical (unpaired) electrons. The first-order chi connectivity index (χ1) is 13.8. The number of ether oxygens (including phenoxy) is 2. The van der Waals surface area contributed by atoms with Crippen LogP contribution in [0.25, 0.3) is 0 Å². The van der Waals surface area contributed by atoms with Gasteiger partial charge in [-0.3, -0.25) is 0 Å². The van der Waals surface area contributed by atoms with Crippen molar-refractivity contribution in [1.82, 2.24) is 0 Å². The zero-order valence-corrected chi connectivity index (χ0v) is 21.0. The van der Waals surface area contributed by atoms with Crippen LogP contribution in [0.3, 0.4) is 0 Å². The molecule has 3 heteroatoms. The highest BCUT2D eigenvalue weighted by molar-refractivity contribution is 14.1. The molecule has 0 aliphatic rings. The van der Waals surface area contributed by atoms with Gasteiger partial charge in [-0.2, -0.15) is 0 Å². The molecule has 0 aromatic carbocycles. The Balaban J connectivity index is 3.37. The molecule has 0 unspecified atom stereocenters. The molecule has 0 saturated carbocycles. The number of allylic oxidation sites excluding steroid dienone is 4. The molecule has 0 aliphatic carbocycles. The Bertz CT molecular complexity index is 341. The van der Waals surface area contributed by atoms with Gasteiger partial charge < -0.3 is 9.47 Å². The van der Waals surface area contributed by atoms with E-state index in [-0.39, 0.29) is 0 Å². The van der Waals surface area contributed by atoms with Gasteiger partial charge in [0.15, 0.2) is 0 Å². The third-order valence-corrected chi connectivity index (χ3v) is 5.69. The second kappa shape index (κ2) is 25.2. The normalized spacial score (nSPS) is 13.1. The summed E-state index contributed by atoms with van der Waals surface area (Å²) in [7, 11) is 1.69. The summed E-state index contributed by atoms with van der Waals surface area (Å²) >= 11 is 2.41. The molecular formula is C25H47IO2. The summed E-state index contributed by atoms with van der Waals surface area (Å²) < 4.78 is 11.8. The van der Waals surface area contributed by atoms with E-state index in [0.29, 0.717) is 12.9 Å². The third-order valence-electron chi connectivity index (χ3n) is 5.07. The first kappa shape index (κ1) is 28.1. The highest BCUT2D eigenvalue weighted by Crippen LogP contribution is 2.12. The van der Waals surface area contributed by atoms with Crippen molar-refractivity contribution in [2.24, 2.45) is 0 Å². The minimum atomic E-state index is 0.336. The molecule has 0 amide bonds. The van der Waals surface area contributed by atoms with Gasteiger partial charge in [-0.05, 0) is 44.9 Å². The van der Waals surface area contributed by atoms with Crippen molar-refractivity contribution in [3.8, 4) is 0 Å². The van der Waals surface area contributed by atoms with Gasteiger partial charge in [0.1, 0.15) is 6.79 Å². The van der Waals surface area contributed by atoms with Crippen molar-refractivity contribution < 1.29 is 9.47 Å². The largest absolute Gasteiger partial charge is 0.359 e. The average molecular weight is 507 g/mol. The molecule has 0 saturated heterocycles. The van der Waals surface area contributed by atoms with Gasteiger partial charge in [0, 0.05) is 11.5 Å². The minimum Gasteiger partial charge on any atom is -0.359 e. The number of methoxy groups -OCH3 is 1. The summed E-state index contributed by atoms with van der Waals surface area (Å²) in [6.45, 7) is 2.70. The van der Waals surface area contributed by atoms with Crippen LogP contribution in [-0.2, 0) is 9.47 Å². The number of halogens is 1. The fraction of sp³-hybridized carbons (Fsp3) is 0.840. The number of hydrogen-bond donors (Lipinski definition) is 0. The second-order valence-corrected chi connectivity index (χ2v) is 8.82. The quantitative estimate of drug-likeness (QED) is 0.0480. The smallest absolute Gasteiger partial charge is 0.146 e. The maximum Gasteiger partial charge on any atom is 0.146 e. The van der Waals surface area contributed by atoms with Gasteiger partial charge in [-0.15, -0.1) is 0 Å². The molecule has 1 atom stereocenters. The van der Waals surface area contributed by atoms with Crippen molar-refractivity contribution in [1.29, 1.82) is 0 Å². The van der Waals surface area contributed by atoms with E-state index in [2.05, 4.69) is 53.8 Å². The number of unbranched alkanes of at least 4 members (excludes halogenated alkanes) is 11. The van der Waals surface area contributed by atoms with Crippen LogP contribution in [0.1, 0.15) is 110 Å². The van der Waals surface area contributed by atoms with Crippen molar-refractivity contribution in [3.05, 3.63) is 24.3 Å². The van der Waals surface area contributed by atoms with Crippen LogP contribution < -0.4 is 0 Å². The lowest BCUT2D eigenvalue weighted by atomic mass is 10.1. The lowest BCUT2D eigenvalue weighted by molar-refractivity contribution is -0.0739. The standard InChI is InChI=1S/C25H47IO2/c1-3-4-5-6-7-8-9-10-11-12-13-14-15-16-17-18-19-20-21-25(22-23-26)28-24-27-2/h14-15,18-19,25H,3-13,16-17,20-24H2,1-2H3/b15-14+,19-18+/t25-/m0/s1. The monoisotopic (exact) mass is 506 g/mol. The van der Waals surface area contributed by atoms with E-state index in [1.54, 1.807) is 7.11 Å². The topological polar surface area (TPSA) is 18.5 Å². The molecule has 0 aromatic rings. The van der Waals surface area contributed by atoms with E-state index in [1.165, 1.54) is 77.0 Å². The summed E-state index contributed by atoms with van der Waals surface area (Å²) in [6.07, 6.45) is 30.8. The highest BCUT2D eigenvalue weighted by Gasteiger charge is 2.06. The third kappa shape index (κ3) is 22.4. The Morgan fingerprint density at radius 3 is 1.79 bits per heavy atom. The lowest BCUT2D eigenvalue weighted by Crippen LogP contribution is -2.14. The summed E-state index contributed by atoms with van der Waals surface area (Å²) in [6, 6.07) is 0. The SMILES string of the molecule is CCCCCCCCCCCC/C=C/CC/C=C/CC[C@@H](CCI)OCOC. The summed E-state index contributed by atoms with van der Waals surface area (Å²) in [5.41, 5.74) is 0. The molecule has 0 aromatic heterocycles. The van der Waals surface area contributed by atoms with Crippen molar-refractivity contribution >= 4 is 22.6 Å². The van der Waals surface area contributed by atoms with E-state index < -0.39 is 0 Å². The van der Waals surface area contributed by atoms with Crippen LogP contribution in [-0.4, -0.2) is 24.4 Å². The van der Waals surface area contributed by atoms with Gasteiger partial charge >= 0.3 is 0 Å². The van der Waals surface area contributed by atoms with Crippen LogP contribution in [0.2, 0.25) is 0 Å². The molecule has 166 valence electrons. The fourth-order valence-corrected chi connectivity index (χ4v) is 3.99. The second-order valence-electron chi connectivity index (χ2n) is 7.74. The van der Waals surface area contributed by atoms with E-state index in [4.69, 9.17) is 9.47 Å².